The predicted octanol–water partition coefficient (Wildman–Crippen LogP) is 5.71. The van der Waals surface area contributed by atoms with Crippen molar-refractivity contribution >= 4 is 35.0 Å². The number of nitrogens with zero attached hydrogens (tertiary/aromatic N) is 1. The molecule has 0 spiro atoms. The topological polar surface area (TPSA) is 58.6 Å². The first-order valence-electron chi connectivity index (χ1n) is 11.5. The standard InChI is InChI=1S/C28H30Cl2N2O3/c1-19(2)31-28(34)26(15-20-8-5-4-6-9-20)32(18-21-10-7-11-24(14-21)35-3)27(33)16-22-12-13-23(29)17-25(22)30/h4-14,17,19,26H,15-16,18H2,1-3H3,(H,31,34)/t26-/m1/s1. The number of ether oxygens (including phenoxy) is 1. The van der Waals surface area contributed by atoms with Crippen LogP contribution < -0.4 is 10.1 Å². The second-order valence-corrected chi connectivity index (χ2v) is 9.50. The number of halogens is 2. The summed E-state index contributed by atoms with van der Waals surface area (Å²) in [5, 5.41) is 3.90. The van der Waals surface area contributed by atoms with Crippen LogP contribution in [0.2, 0.25) is 10.0 Å². The van der Waals surface area contributed by atoms with Gasteiger partial charge in [0.2, 0.25) is 11.8 Å². The van der Waals surface area contributed by atoms with E-state index in [1.165, 1.54) is 0 Å². The van der Waals surface area contributed by atoms with E-state index in [-0.39, 0.29) is 30.8 Å². The summed E-state index contributed by atoms with van der Waals surface area (Å²) in [7, 11) is 1.60. The molecule has 0 aliphatic carbocycles. The smallest absolute Gasteiger partial charge is 0.243 e. The molecular weight excluding hydrogens is 483 g/mol. The number of nitrogens with one attached hydrogen (secondary N) is 1. The molecule has 0 aliphatic heterocycles. The average Bonchev–Trinajstić information content (AvgIpc) is 2.83. The summed E-state index contributed by atoms with van der Waals surface area (Å²) in [4.78, 5) is 28.8. The Labute approximate surface area is 217 Å². The van der Waals surface area contributed by atoms with E-state index < -0.39 is 6.04 Å². The van der Waals surface area contributed by atoms with Crippen molar-refractivity contribution in [2.75, 3.05) is 7.11 Å². The molecule has 7 heteroatoms. The first kappa shape index (κ1) is 26.6. The number of carbonyl (C=O) groups is 2. The van der Waals surface area contributed by atoms with Gasteiger partial charge in [-0.15, -0.1) is 0 Å². The molecule has 3 aromatic carbocycles. The van der Waals surface area contributed by atoms with Crippen LogP contribution in [0.3, 0.4) is 0 Å². The van der Waals surface area contributed by atoms with Gasteiger partial charge >= 0.3 is 0 Å². The van der Waals surface area contributed by atoms with E-state index in [1.54, 1.807) is 30.2 Å². The third-order valence-corrected chi connectivity index (χ3v) is 6.13. The maximum atomic E-state index is 13.8. The summed E-state index contributed by atoms with van der Waals surface area (Å²) < 4.78 is 5.36. The zero-order valence-corrected chi connectivity index (χ0v) is 21.6. The molecule has 1 atom stereocenters. The fourth-order valence-corrected chi connectivity index (χ4v) is 4.31. The Morgan fingerprint density at radius 2 is 1.66 bits per heavy atom. The highest BCUT2D eigenvalue weighted by atomic mass is 35.5. The van der Waals surface area contributed by atoms with Crippen LogP contribution in [0.5, 0.6) is 5.75 Å². The van der Waals surface area contributed by atoms with Crippen LogP contribution >= 0.6 is 23.2 Å². The number of methoxy groups -OCH3 is 1. The van der Waals surface area contributed by atoms with Gasteiger partial charge in [-0.25, -0.2) is 0 Å². The van der Waals surface area contributed by atoms with E-state index >= 15 is 0 Å². The Hall–Kier alpha value is -3.02. The zero-order valence-electron chi connectivity index (χ0n) is 20.1. The van der Waals surface area contributed by atoms with Gasteiger partial charge in [-0.3, -0.25) is 9.59 Å². The minimum Gasteiger partial charge on any atom is -0.497 e. The van der Waals surface area contributed by atoms with Crippen molar-refractivity contribution in [1.82, 2.24) is 10.2 Å². The third kappa shape index (κ3) is 7.74. The molecule has 0 aliphatic rings. The van der Waals surface area contributed by atoms with E-state index in [1.807, 2.05) is 68.4 Å². The summed E-state index contributed by atoms with van der Waals surface area (Å²) in [5.74, 6) is 0.265. The van der Waals surface area contributed by atoms with Crippen molar-refractivity contribution in [1.29, 1.82) is 0 Å². The Balaban J connectivity index is 2.00. The predicted molar refractivity (Wildman–Crippen MR) is 141 cm³/mol. The van der Waals surface area contributed by atoms with Crippen LogP contribution in [-0.2, 0) is 29.0 Å². The Morgan fingerprint density at radius 3 is 2.31 bits per heavy atom. The van der Waals surface area contributed by atoms with Crippen LogP contribution in [0.25, 0.3) is 0 Å². The van der Waals surface area contributed by atoms with Crippen LogP contribution in [-0.4, -0.2) is 35.9 Å². The summed E-state index contributed by atoms with van der Waals surface area (Å²) in [5.41, 5.74) is 2.47. The molecule has 2 amide bonds. The molecule has 0 heterocycles. The molecule has 0 aromatic heterocycles. The van der Waals surface area contributed by atoms with Gasteiger partial charge in [-0.1, -0.05) is 71.7 Å². The number of amides is 2. The number of carbonyl (C=O) groups excluding carboxylic acids is 2. The molecule has 35 heavy (non-hydrogen) atoms. The number of hydrogen-bond acceptors (Lipinski definition) is 3. The quantitative estimate of drug-likeness (QED) is 0.378. The van der Waals surface area contributed by atoms with E-state index in [0.29, 0.717) is 27.8 Å². The molecule has 0 fully saturated rings. The van der Waals surface area contributed by atoms with Crippen molar-refractivity contribution in [2.45, 2.75) is 45.3 Å². The number of hydrogen-bond donors (Lipinski definition) is 1. The second-order valence-electron chi connectivity index (χ2n) is 8.65. The van der Waals surface area contributed by atoms with Crippen LogP contribution in [0.15, 0.2) is 72.8 Å². The molecule has 5 nitrogen and oxygen atoms in total. The molecule has 0 radical (unpaired) electrons. The highest BCUT2D eigenvalue weighted by Gasteiger charge is 2.31. The van der Waals surface area contributed by atoms with Gasteiger partial charge in [0.05, 0.1) is 13.5 Å². The Bertz CT molecular complexity index is 1150. The summed E-state index contributed by atoms with van der Waals surface area (Å²) in [6, 6.07) is 21.5. The summed E-state index contributed by atoms with van der Waals surface area (Å²) in [6.45, 7) is 4.04. The minimum atomic E-state index is -0.718. The van der Waals surface area contributed by atoms with Crippen molar-refractivity contribution < 1.29 is 14.3 Å². The lowest BCUT2D eigenvalue weighted by molar-refractivity contribution is -0.141. The molecule has 0 unspecified atom stereocenters. The van der Waals surface area contributed by atoms with Crippen molar-refractivity contribution in [2.24, 2.45) is 0 Å². The molecule has 0 saturated carbocycles. The van der Waals surface area contributed by atoms with Gasteiger partial charge < -0.3 is 15.0 Å². The minimum absolute atomic E-state index is 0.0419. The fraction of sp³-hybridized carbons (Fsp3) is 0.286. The monoisotopic (exact) mass is 512 g/mol. The van der Waals surface area contributed by atoms with Crippen molar-refractivity contribution in [3.05, 3.63) is 99.5 Å². The average molecular weight is 513 g/mol. The third-order valence-electron chi connectivity index (χ3n) is 5.55. The summed E-state index contributed by atoms with van der Waals surface area (Å²) in [6.07, 6.45) is 0.420. The van der Waals surface area contributed by atoms with Gasteiger partial charge in [-0.05, 0) is 54.8 Å². The SMILES string of the molecule is COc1cccc(CN(C(=O)Cc2ccc(Cl)cc2Cl)[C@H](Cc2ccccc2)C(=O)NC(C)C)c1. The van der Waals surface area contributed by atoms with Crippen molar-refractivity contribution in [3.8, 4) is 5.75 Å². The van der Waals surface area contributed by atoms with Crippen molar-refractivity contribution in [3.63, 3.8) is 0 Å². The Kier molecular flexibility index (Phi) is 9.58. The van der Waals surface area contributed by atoms with Gasteiger partial charge in [0.25, 0.3) is 0 Å². The number of benzene rings is 3. The largest absolute Gasteiger partial charge is 0.497 e. The van der Waals surface area contributed by atoms with E-state index in [9.17, 15) is 9.59 Å². The first-order valence-corrected chi connectivity index (χ1v) is 12.2. The van der Waals surface area contributed by atoms with Crippen LogP contribution in [0, 0.1) is 0 Å². The first-order chi connectivity index (χ1) is 16.8. The molecular formula is C28H30Cl2N2O3. The van der Waals surface area contributed by atoms with Gasteiger partial charge in [0, 0.05) is 29.1 Å². The van der Waals surface area contributed by atoms with E-state index in [0.717, 1.165) is 11.1 Å². The van der Waals surface area contributed by atoms with Gasteiger partial charge in [0.15, 0.2) is 0 Å². The highest BCUT2D eigenvalue weighted by Crippen LogP contribution is 2.24. The number of rotatable bonds is 10. The van der Waals surface area contributed by atoms with Gasteiger partial charge in [-0.2, -0.15) is 0 Å². The normalized spacial score (nSPS) is 11.7. The van der Waals surface area contributed by atoms with E-state index in [2.05, 4.69) is 5.32 Å². The van der Waals surface area contributed by atoms with Gasteiger partial charge in [0.1, 0.15) is 11.8 Å². The van der Waals surface area contributed by atoms with Crippen LogP contribution in [0.1, 0.15) is 30.5 Å². The lowest BCUT2D eigenvalue weighted by atomic mass is 10.0. The Morgan fingerprint density at radius 1 is 0.943 bits per heavy atom. The van der Waals surface area contributed by atoms with E-state index in [4.69, 9.17) is 27.9 Å². The fourth-order valence-electron chi connectivity index (χ4n) is 3.83. The lowest BCUT2D eigenvalue weighted by Crippen LogP contribution is -2.52. The maximum Gasteiger partial charge on any atom is 0.243 e. The highest BCUT2D eigenvalue weighted by molar-refractivity contribution is 6.35. The zero-order chi connectivity index (χ0) is 25.4. The molecule has 0 bridgehead atoms. The molecule has 0 saturated heterocycles. The summed E-state index contributed by atoms with van der Waals surface area (Å²) >= 11 is 12.4. The second kappa shape index (κ2) is 12.6. The van der Waals surface area contributed by atoms with Crippen LogP contribution in [0.4, 0.5) is 0 Å². The maximum absolute atomic E-state index is 13.8. The molecule has 1 N–H and O–H groups in total. The molecule has 184 valence electrons. The molecule has 3 aromatic rings. The lowest BCUT2D eigenvalue weighted by Gasteiger charge is -2.32. The molecule has 3 rings (SSSR count).